The highest BCUT2D eigenvalue weighted by Gasteiger charge is 2.42. The van der Waals surface area contributed by atoms with Gasteiger partial charge in [-0.25, -0.2) is 0 Å². The number of hydrogen-bond acceptors (Lipinski definition) is 4. The smallest absolute Gasteiger partial charge is 0.266 e. The normalized spacial score (nSPS) is 36.4. The molecule has 0 saturated carbocycles. The van der Waals surface area contributed by atoms with Gasteiger partial charge in [0.05, 0.1) is 0 Å². The van der Waals surface area contributed by atoms with Crippen molar-refractivity contribution in [2.75, 3.05) is 4.90 Å². The number of aromatic amines is 1. The van der Waals surface area contributed by atoms with Gasteiger partial charge >= 0.3 is 0 Å². The van der Waals surface area contributed by atoms with Crippen LogP contribution in [0.5, 0.6) is 0 Å². The molecule has 5 heteroatoms. The summed E-state index contributed by atoms with van der Waals surface area (Å²) >= 11 is 0. The summed E-state index contributed by atoms with van der Waals surface area (Å²) in [6, 6.07) is 1.31. The summed E-state index contributed by atoms with van der Waals surface area (Å²) in [5, 5.41) is 14.4. The maximum Gasteiger partial charge on any atom is 0.266 e. The molecular weight excluding hydrogens is 178 g/mol. The number of aromatic nitrogens is 4. The van der Waals surface area contributed by atoms with Gasteiger partial charge in [0.25, 0.3) is 5.95 Å². The van der Waals surface area contributed by atoms with E-state index in [1.165, 1.54) is 25.7 Å². The number of H-pyrrole nitrogens is 1. The second-order valence-corrected chi connectivity index (χ2v) is 4.47. The molecule has 3 rings (SSSR count). The number of tetrazole rings is 1. The maximum atomic E-state index is 4.09. The van der Waals surface area contributed by atoms with Gasteiger partial charge in [0.1, 0.15) is 0 Å². The molecule has 1 aromatic heterocycles. The minimum atomic E-state index is 0.645. The van der Waals surface area contributed by atoms with Gasteiger partial charge < -0.3 is 4.90 Å². The van der Waals surface area contributed by atoms with Crippen LogP contribution in [0, 0.1) is 5.92 Å². The van der Waals surface area contributed by atoms with Crippen LogP contribution in [0.4, 0.5) is 5.95 Å². The SMILES string of the molecule is CC1CCC2CCC1N2c1nn[nH]n1. The van der Waals surface area contributed by atoms with Crippen molar-refractivity contribution in [3.8, 4) is 0 Å². The van der Waals surface area contributed by atoms with Gasteiger partial charge in [-0.15, -0.1) is 5.10 Å². The molecule has 2 aliphatic heterocycles. The number of nitrogens with zero attached hydrogens (tertiary/aromatic N) is 4. The Labute approximate surface area is 82.9 Å². The fourth-order valence-corrected chi connectivity index (χ4v) is 2.98. The Morgan fingerprint density at radius 1 is 1.29 bits per heavy atom. The number of anilines is 1. The molecule has 1 N–H and O–H groups in total. The summed E-state index contributed by atoms with van der Waals surface area (Å²) in [6.07, 6.45) is 5.22. The number of hydrogen-bond donors (Lipinski definition) is 1. The van der Waals surface area contributed by atoms with Crippen molar-refractivity contribution in [3.05, 3.63) is 0 Å². The fourth-order valence-electron chi connectivity index (χ4n) is 2.98. The summed E-state index contributed by atoms with van der Waals surface area (Å²) < 4.78 is 0. The molecule has 0 spiro atoms. The van der Waals surface area contributed by atoms with E-state index < -0.39 is 0 Å². The lowest BCUT2D eigenvalue weighted by atomic mass is 9.92. The number of piperidine rings is 1. The first kappa shape index (κ1) is 8.20. The molecule has 14 heavy (non-hydrogen) atoms. The Morgan fingerprint density at radius 2 is 2.14 bits per heavy atom. The molecule has 0 amide bonds. The van der Waals surface area contributed by atoms with Gasteiger partial charge in [-0.3, -0.25) is 0 Å². The second kappa shape index (κ2) is 2.93. The van der Waals surface area contributed by atoms with Crippen molar-refractivity contribution >= 4 is 5.95 Å². The molecule has 5 nitrogen and oxygen atoms in total. The molecule has 3 heterocycles. The highest BCUT2D eigenvalue weighted by molar-refractivity contribution is 5.35. The minimum absolute atomic E-state index is 0.645. The van der Waals surface area contributed by atoms with Crippen LogP contribution in [0.15, 0.2) is 0 Å². The second-order valence-electron chi connectivity index (χ2n) is 4.47. The van der Waals surface area contributed by atoms with Crippen LogP contribution in [-0.4, -0.2) is 32.7 Å². The zero-order valence-corrected chi connectivity index (χ0v) is 8.35. The van der Waals surface area contributed by atoms with E-state index in [0.29, 0.717) is 12.1 Å². The maximum absolute atomic E-state index is 4.09. The molecule has 3 atom stereocenters. The number of nitrogens with one attached hydrogen (secondary N) is 1. The van der Waals surface area contributed by atoms with Gasteiger partial charge in [0, 0.05) is 12.1 Å². The highest BCUT2D eigenvalue weighted by atomic mass is 15.5. The van der Waals surface area contributed by atoms with Crippen molar-refractivity contribution in [1.82, 2.24) is 20.6 Å². The average molecular weight is 193 g/mol. The standard InChI is InChI=1S/C9H15N5/c1-6-2-3-7-4-5-8(6)14(7)9-10-12-13-11-9/h6-8H,2-5H2,1H3,(H,10,11,12,13). The predicted molar refractivity (Wildman–Crippen MR) is 51.9 cm³/mol. The minimum Gasteiger partial charge on any atom is -0.332 e. The monoisotopic (exact) mass is 193 g/mol. The summed E-state index contributed by atoms with van der Waals surface area (Å²) in [6.45, 7) is 2.33. The highest BCUT2D eigenvalue weighted by Crippen LogP contribution is 2.40. The lowest BCUT2D eigenvalue weighted by Crippen LogP contribution is -2.44. The number of fused-ring (bicyclic) bond motifs is 2. The van der Waals surface area contributed by atoms with E-state index in [1.54, 1.807) is 0 Å². The first-order chi connectivity index (χ1) is 6.86. The zero-order valence-electron chi connectivity index (χ0n) is 8.35. The average Bonchev–Trinajstić information content (AvgIpc) is 2.79. The third-order valence-electron chi connectivity index (χ3n) is 3.72. The van der Waals surface area contributed by atoms with Gasteiger partial charge in [0.2, 0.25) is 0 Å². The molecule has 0 aliphatic carbocycles. The van der Waals surface area contributed by atoms with Crippen molar-refractivity contribution in [2.24, 2.45) is 5.92 Å². The summed E-state index contributed by atoms with van der Waals surface area (Å²) in [7, 11) is 0. The van der Waals surface area contributed by atoms with Crippen LogP contribution in [0.3, 0.4) is 0 Å². The Kier molecular flexibility index (Phi) is 1.72. The van der Waals surface area contributed by atoms with E-state index in [9.17, 15) is 0 Å². The topological polar surface area (TPSA) is 57.7 Å². The molecule has 76 valence electrons. The molecule has 3 unspecified atom stereocenters. The molecule has 2 bridgehead atoms. The van der Waals surface area contributed by atoms with Crippen LogP contribution >= 0.6 is 0 Å². The van der Waals surface area contributed by atoms with E-state index in [-0.39, 0.29) is 0 Å². The Balaban J connectivity index is 1.93. The van der Waals surface area contributed by atoms with Gasteiger partial charge in [0.15, 0.2) is 0 Å². The molecule has 2 fully saturated rings. The lowest BCUT2D eigenvalue weighted by Gasteiger charge is -2.37. The summed E-state index contributed by atoms with van der Waals surface area (Å²) in [4.78, 5) is 2.37. The fraction of sp³-hybridized carbons (Fsp3) is 0.889. The van der Waals surface area contributed by atoms with Gasteiger partial charge in [-0.05, 0) is 36.8 Å². The van der Waals surface area contributed by atoms with Crippen LogP contribution in [0.1, 0.15) is 32.6 Å². The largest absolute Gasteiger partial charge is 0.332 e. The molecule has 0 aromatic carbocycles. The van der Waals surface area contributed by atoms with E-state index in [4.69, 9.17) is 0 Å². The third-order valence-corrected chi connectivity index (χ3v) is 3.72. The molecule has 0 radical (unpaired) electrons. The van der Waals surface area contributed by atoms with Crippen LogP contribution < -0.4 is 4.90 Å². The van der Waals surface area contributed by atoms with Crippen LogP contribution in [0.25, 0.3) is 0 Å². The van der Waals surface area contributed by atoms with Crippen LogP contribution in [0.2, 0.25) is 0 Å². The Hall–Kier alpha value is -1.13. The summed E-state index contributed by atoms with van der Waals surface area (Å²) in [5.74, 6) is 1.57. The molecule has 2 aliphatic rings. The van der Waals surface area contributed by atoms with E-state index in [2.05, 4.69) is 32.4 Å². The van der Waals surface area contributed by atoms with Gasteiger partial charge in [-0.1, -0.05) is 12.0 Å². The molecule has 1 aromatic rings. The van der Waals surface area contributed by atoms with Gasteiger partial charge in [-0.2, -0.15) is 5.21 Å². The van der Waals surface area contributed by atoms with E-state index >= 15 is 0 Å². The quantitative estimate of drug-likeness (QED) is 0.722. The predicted octanol–water partition coefficient (Wildman–Crippen LogP) is 0.967. The zero-order chi connectivity index (χ0) is 9.54. The van der Waals surface area contributed by atoms with Crippen molar-refractivity contribution in [3.63, 3.8) is 0 Å². The van der Waals surface area contributed by atoms with Crippen molar-refractivity contribution < 1.29 is 0 Å². The third kappa shape index (κ3) is 1.04. The van der Waals surface area contributed by atoms with Crippen LogP contribution in [-0.2, 0) is 0 Å². The van der Waals surface area contributed by atoms with E-state index in [1.807, 2.05) is 0 Å². The Morgan fingerprint density at radius 3 is 2.93 bits per heavy atom. The van der Waals surface area contributed by atoms with Crippen molar-refractivity contribution in [2.45, 2.75) is 44.7 Å². The van der Waals surface area contributed by atoms with E-state index in [0.717, 1.165) is 11.9 Å². The summed E-state index contributed by atoms with van der Waals surface area (Å²) in [5.41, 5.74) is 0. The first-order valence-electron chi connectivity index (χ1n) is 5.38. The first-order valence-corrected chi connectivity index (χ1v) is 5.38. The molecule has 2 saturated heterocycles. The number of rotatable bonds is 1. The van der Waals surface area contributed by atoms with Crippen molar-refractivity contribution in [1.29, 1.82) is 0 Å². The molecular formula is C9H15N5. The Bertz CT molecular complexity index is 309. The lowest BCUT2D eigenvalue weighted by molar-refractivity contribution is 0.354.